The molecular formula is C15H24F2N4. The second kappa shape index (κ2) is 6.13. The highest BCUT2D eigenvalue weighted by atomic mass is 19.1. The lowest BCUT2D eigenvalue weighted by Gasteiger charge is -2.42. The Morgan fingerprint density at radius 2 is 1.76 bits per heavy atom. The van der Waals surface area contributed by atoms with Crippen molar-refractivity contribution in [1.82, 2.24) is 9.88 Å². The number of aromatic nitrogens is 1. The van der Waals surface area contributed by atoms with Gasteiger partial charge in [0.2, 0.25) is 0 Å². The van der Waals surface area contributed by atoms with Crippen LogP contribution in [0.2, 0.25) is 0 Å². The van der Waals surface area contributed by atoms with Gasteiger partial charge in [0.1, 0.15) is 0 Å². The first kappa shape index (κ1) is 15.9. The third kappa shape index (κ3) is 3.61. The minimum atomic E-state index is -0.647. The fourth-order valence-electron chi connectivity index (χ4n) is 2.56. The van der Waals surface area contributed by atoms with Crippen LogP contribution in [0.3, 0.4) is 0 Å². The van der Waals surface area contributed by atoms with Crippen molar-refractivity contribution in [3.63, 3.8) is 0 Å². The molecule has 1 aromatic rings. The fourth-order valence-corrected chi connectivity index (χ4v) is 2.56. The number of hydrogen-bond donors (Lipinski definition) is 1. The summed E-state index contributed by atoms with van der Waals surface area (Å²) in [6.45, 7) is 12.0. The molecule has 0 radical (unpaired) electrons. The molecule has 0 aromatic carbocycles. The largest absolute Gasteiger partial charge is 0.368 e. The van der Waals surface area contributed by atoms with Crippen molar-refractivity contribution in [1.29, 1.82) is 0 Å². The van der Waals surface area contributed by atoms with Crippen LogP contribution >= 0.6 is 0 Å². The van der Waals surface area contributed by atoms with Crippen LogP contribution in [0.25, 0.3) is 0 Å². The van der Waals surface area contributed by atoms with Gasteiger partial charge in [-0.15, -0.1) is 0 Å². The summed E-state index contributed by atoms with van der Waals surface area (Å²) >= 11 is 0. The van der Waals surface area contributed by atoms with Crippen molar-refractivity contribution in [2.24, 2.45) is 0 Å². The third-order valence-electron chi connectivity index (χ3n) is 3.78. The van der Waals surface area contributed by atoms with Gasteiger partial charge in [0, 0.05) is 44.3 Å². The lowest BCUT2D eigenvalue weighted by Crippen LogP contribution is -2.53. The van der Waals surface area contributed by atoms with Gasteiger partial charge in [0.25, 0.3) is 0 Å². The molecule has 0 atom stereocenters. The summed E-state index contributed by atoms with van der Waals surface area (Å²) in [4.78, 5) is 8.36. The average molecular weight is 298 g/mol. The number of anilines is 2. The number of rotatable bonds is 3. The second-order valence-electron chi connectivity index (χ2n) is 6.30. The van der Waals surface area contributed by atoms with E-state index in [1.807, 2.05) is 11.8 Å². The lowest BCUT2D eigenvalue weighted by atomic mass is 10.0. The molecule has 1 aliphatic rings. The summed E-state index contributed by atoms with van der Waals surface area (Å²) in [6.07, 6.45) is 0. The van der Waals surface area contributed by atoms with E-state index in [1.54, 1.807) is 0 Å². The monoisotopic (exact) mass is 298 g/mol. The highest BCUT2D eigenvalue weighted by Gasteiger charge is 2.27. The zero-order valence-electron chi connectivity index (χ0n) is 13.2. The van der Waals surface area contributed by atoms with Crippen LogP contribution in [0.5, 0.6) is 0 Å². The van der Waals surface area contributed by atoms with Gasteiger partial charge in [0.15, 0.2) is 23.3 Å². The summed E-state index contributed by atoms with van der Waals surface area (Å²) in [5.74, 6) is -0.891. The van der Waals surface area contributed by atoms with Crippen LogP contribution in [0.4, 0.5) is 20.4 Å². The Morgan fingerprint density at radius 1 is 1.14 bits per heavy atom. The molecule has 2 rings (SSSR count). The Bertz CT molecular complexity index is 491. The second-order valence-corrected chi connectivity index (χ2v) is 6.30. The molecule has 0 unspecified atom stereocenters. The maximum atomic E-state index is 14.0. The highest BCUT2D eigenvalue weighted by molar-refractivity contribution is 5.49. The van der Waals surface area contributed by atoms with Crippen molar-refractivity contribution in [3.05, 3.63) is 17.7 Å². The number of piperazine rings is 1. The van der Waals surface area contributed by atoms with Crippen LogP contribution in [0.1, 0.15) is 27.7 Å². The molecule has 118 valence electrons. The first-order valence-corrected chi connectivity index (χ1v) is 7.43. The first-order valence-electron chi connectivity index (χ1n) is 7.43. The number of halogens is 2. The van der Waals surface area contributed by atoms with E-state index in [-0.39, 0.29) is 17.2 Å². The van der Waals surface area contributed by atoms with Crippen LogP contribution in [-0.2, 0) is 0 Å². The summed E-state index contributed by atoms with van der Waals surface area (Å²) in [5, 5.41) is 2.83. The first-order chi connectivity index (χ1) is 9.82. The van der Waals surface area contributed by atoms with Gasteiger partial charge in [-0.25, -0.2) is 13.8 Å². The summed E-state index contributed by atoms with van der Waals surface area (Å²) < 4.78 is 27.6. The van der Waals surface area contributed by atoms with Gasteiger partial charge in [-0.05, 0) is 27.7 Å². The van der Waals surface area contributed by atoms with Crippen molar-refractivity contribution in [2.45, 2.75) is 33.2 Å². The molecule has 0 aliphatic carbocycles. The molecule has 1 aromatic heterocycles. The zero-order chi connectivity index (χ0) is 15.6. The molecule has 2 heterocycles. The summed E-state index contributed by atoms with van der Waals surface area (Å²) in [5.41, 5.74) is 0.107. The lowest BCUT2D eigenvalue weighted by molar-refractivity contribution is 0.128. The minimum absolute atomic E-state index is 0.107. The molecule has 1 N–H and O–H groups in total. The van der Waals surface area contributed by atoms with E-state index in [1.165, 1.54) is 0 Å². The Hall–Kier alpha value is -1.43. The van der Waals surface area contributed by atoms with Gasteiger partial charge in [-0.3, -0.25) is 4.90 Å². The minimum Gasteiger partial charge on any atom is -0.368 e. The molecular weight excluding hydrogens is 274 g/mol. The van der Waals surface area contributed by atoms with E-state index in [4.69, 9.17) is 0 Å². The smallest absolute Gasteiger partial charge is 0.168 e. The molecule has 0 saturated carbocycles. The van der Waals surface area contributed by atoms with Crippen LogP contribution < -0.4 is 10.2 Å². The number of nitrogens with one attached hydrogen (secondary N) is 1. The van der Waals surface area contributed by atoms with Crippen molar-refractivity contribution >= 4 is 11.6 Å². The van der Waals surface area contributed by atoms with Crippen LogP contribution in [-0.4, -0.2) is 48.1 Å². The van der Waals surface area contributed by atoms with Gasteiger partial charge < -0.3 is 10.2 Å². The number of nitrogens with zero attached hydrogens (tertiary/aromatic N) is 3. The quantitative estimate of drug-likeness (QED) is 0.930. The molecule has 0 bridgehead atoms. The predicted octanol–water partition coefficient (Wildman–Crippen LogP) is 2.71. The third-order valence-corrected chi connectivity index (χ3v) is 3.78. The van der Waals surface area contributed by atoms with Gasteiger partial charge in [0.05, 0.1) is 0 Å². The Morgan fingerprint density at radius 3 is 2.29 bits per heavy atom. The van der Waals surface area contributed by atoms with Gasteiger partial charge in [-0.1, -0.05) is 0 Å². The number of hydrogen-bond acceptors (Lipinski definition) is 4. The van der Waals surface area contributed by atoms with E-state index >= 15 is 0 Å². The van der Waals surface area contributed by atoms with Crippen LogP contribution in [0, 0.1) is 11.6 Å². The van der Waals surface area contributed by atoms with E-state index in [2.05, 4.69) is 36.0 Å². The molecule has 4 nitrogen and oxygen atoms in total. The summed E-state index contributed by atoms with van der Waals surface area (Å²) in [7, 11) is 0. The fraction of sp³-hybridized carbons (Fsp3) is 0.667. The maximum absolute atomic E-state index is 14.0. The van der Waals surface area contributed by atoms with E-state index < -0.39 is 11.6 Å². The predicted molar refractivity (Wildman–Crippen MR) is 81.9 cm³/mol. The molecule has 0 amide bonds. The molecule has 6 heteroatoms. The van der Waals surface area contributed by atoms with E-state index in [0.29, 0.717) is 19.6 Å². The molecule has 0 spiro atoms. The number of pyridine rings is 1. The SMILES string of the molecule is CCNc1nc(N2CCN(C(C)(C)C)CC2)c(F)cc1F. The average Bonchev–Trinajstić information content (AvgIpc) is 2.41. The van der Waals surface area contributed by atoms with Crippen LogP contribution in [0.15, 0.2) is 6.07 Å². The molecule has 1 aliphatic heterocycles. The molecule has 21 heavy (non-hydrogen) atoms. The van der Waals surface area contributed by atoms with E-state index in [9.17, 15) is 8.78 Å². The molecule has 1 fully saturated rings. The Balaban J connectivity index is 2.15. The Kier molecular flexibility index (Phi) is 4.66. The van der Waals surface area contributed by atoms with Crippen molar-refractivity contribution < 1.29 is 8.78 Å². The zero-order valence-corrected chi connectivity index (χ0v) is 13.2. The molecule has 1 saturated heterocycles. The van der Waals surface area contributed by atoms with E-state index in [0.717, 1.165) is 19.2 Å². The summed E-state index contributed by atoms with van der Waals surface area (Å²) in [6, 6.07) is 0.913. The van der Waals surface area contributed by atoms with Crippen molar-refractivity contribution in [3.8, 4) is 0 Å². The highest BCUT2D eigenvalue weighted by Crippen LogP contribution is 2.25. The topological polar surface area (TPSA) is 31.4 Å². The normalized spacial score (nSPS) is 17.1. The Labute approximate surface area is 125 Å². The standard InChI is InChI=1S/C15H24F2N4/c1-5-18-13-11(16)10-12(17)14(19-13)20-6-8-21(9-7-20)15(2,3)4/h10H,5-9H2,1-4H3,(H,18,19). The maximum Gasteiger partial charge on any atom is 0.168 e. The van der Waals surface area contributed by atoms with Gasteiger partial charge in [-0.2, -0.15) is 0 Å². The van der Waals surface area contributed by atoms with Gasteiger partial charge >= 0.3 is 0 Å². The van der Waals surface area contributed by atoms with Crippen molar-refractivity contribution in [2.75, 3.05) is 42.9 Å².